The SMILES string of the molecule is Nc1nc(C(O)(O)C(=O)Nc2c(O)c(O)c(CCNCCc3c(O)c(O)c(O)c(O)c3O)c(O)c2O)c(O)s1. The van der Waals surface area contributed by atoms with E-state index in [1.165, 1.54) is 0 Å². The highest BCUT2D eigenvalue weighted by molar-refractivity contribution is 7.17. The van der Waals surface area contributed by atoms with E-state index in [1.807, 2.05) is 0 Å². The van der Waals surface area contributed by atoms with Gasteiger partial charge in [-0.15, -0.1) is 0 Å². The minimum atomic E-state index is -3.50. The Morgan fingerprint density at radius 2 is 1.13 bits per heavy atom. The molecule has 2 aromatic carbocycles. The zero-order chi connectivity index (χ0) is 29.4. The molecule has 212 valence electrons. The second kappa shape index (κ2) is 10.5. The molecule has 16 N–H and O–H groups in total. The van der Waals surface area contributed by atoms with E-state index in [1.54, 1.807) is 5.32 Å². The molecule has 0 spiro atoms. The smallest absolute Gasteiger partial charge is 0.294 e. The van der Waals surface area contributed by atoms with E-state index >= 15 is 0 Å². The van der Waals surface area contributed by atoms with Crippen molar-refractivity contribution in [3.8, 4) is 56.8 Å². The van der Waals surface area contributed by atoms with Gasteiger partial charge in [-0.2, -0.15) is 0 Å². The van der Waals surface area contributed by atoms with Crippen LogP contribution in [0, 0.1) is 0 Å². The third-order valence-corrected chi connectivity index (χ3v) is 6.26. The minimum Gasteiger partial charge on any atom is -0.504 e. The van der Waals surface area contributed by atoms with Crippen molar-refractivity contribution < 1.29 is 66.1 Å². The van der Waals surface area contributed by atoms with Gasteiger partial charge in [-0.1, -0.05) is 11.3 Å². The number of amides is 1. The number of hydrogen-bond donors (Lipinski definition) is 15. The molecule has 0 atom stereocenters. The number of benzene rings is 2. The Kier molecular flexibility index (Phi) is 7.77. The Morgan fingerprint density at radius 3 is 1.54 bits per heavy atom. The Labute approximate surface area is 221 Å². The fourth-order valence-corrected chi connectivity index (χ4v) is 4.11. The molecule has 0 saturated carbocycles. The molecule has 18 heteroatoms. The number of nitrogens with zero attached hydrogens (tertiary/aromatic N) is 1. The summed E-state index contributed by atoms with van der Waals surface area (Å²) in [6, 6.07) is 0. The number of rotatable bonds is 9. The fourth-order valence-electron chi connectivity index (χ4n) is 3.49. The number of nitrogens with one attached hydrogen (secondary N) is 2. The molecular weight excluding hydrogens is 548 g/mol. The maximum absolute atomic E-state index is 12.4. The molecule has 0 saturated heterocycles. The van der Waals surface area contributed by atoms with Crippen LogP contribution in [0.25, 0.3) is 0 Å². The van der Waals surface area contributed by atoms with E-state index < -0.39 is 85.4 Å². The number of carbonyl (C=O) groups is 1. The average Bonchev–Trinajstić information content (AvgIpc) is 3.24. The van der Waals surface area contributed by atoms with Gasteiger partial charge in [0, 0.05) is 11.1 Å². The first-order valence-corrected chi connectivity index (χ1v) is 11.5. The van der Waals surface area contributed by atoms with Crippen molar-refractivity contribution in [1.29, 1.82) is 0 Å². The molecule has 17 nitrogen and oxygen atoms in total. The van der Waals surface area contributed by atoms with Gasteiger partial charge in [0.15, 0.2) is 45.3 Å². The molecule has 39 heavy (non-hydrogen) atoms. The maximum Gasteiger partial charge on any atom is 0.294 e. The highest BCUT2D eigenvalue weighted by atomic mass is 32.1. The largest absolute Gasteiger partial charge is 0.504 e. The van der Waals surface area contributed by atoms with Crippen molar-refractivity contribution in [2.75, 3.05) is 24.1 Å². The summed E-state index contributed by atoms with van der Waals surface area (Å²) in [5.41, 5.74) is 2.70. The summed E-state index contributed by atoms with van der Waals surface area (Å²) >= 11 is 0.426. The van der Waals surface area contributed by atoms with E-state index in [2.05, 4.69) is 10.3 Å². The summed E-state index contributed by atoms with van der Waals surface area (Å²) in [6.45, 7) is -0.0916. The number of anilines is 2. The number of aromatic hydroxyl groups is 10. The van der Waals surface area contributed by atoms with E-state index in [0.29, 0.717) is 11.3 Å². The molecular formula is C21H24N4O13S. The third-order valence-electron chi connectivity index (χ3n) is 5.58. The van der Waals surface area contributed by atoms with Gasteiger partial charge in [0.05, 0.1) is 0 Å². The number of aliphatic hydroxyl groups is 2. The predicted octanol–water partition coefficient (Wildman–Crippen LogP) is -1.07. The number of aromatic nitrogens is 1. The second-order valence-electron chi connectivity index (χ2n) is 8.05. The van der Waals surface area contributed by atoms with Crippen LogP contribution in [0.2, 0.25) is 0 Å². The predicted molar refractivity (Wildman–Crippen MR) is 131 cm³/mol. The lowest BCUT2D eigenvalue weighted by Crippen LogP contribution is -2.40. The van der Waals surface area contributed by atoms with Crippen molar-refractivity contribution in [1.82, 2.24) is 10.3 Å². The fraction of sp³-hybridized carbons (Fsp3) is 0.238. The van der Waals surface area contributed by atoms with Crippen LogP contribution in [0.1, 0.15) is 16.8 Å². The summed E-state index contributed by atoms with van der Waals surface area (Å²) in [5, 5.41) is 123. The molecule has 0 aliphatic carbocycles. The summed E-state index contributed by atoms with van der Waals surface area (Å²) in [6.07, 6.45) is -0.435. The zero-order valence-electron chi connectivity index (χ0n) is 19.5. The molecule has 0 unspecified atom stereocenters. The van der Waals surface area contributed by atoms with Crippen LogP contribution in [0.5, 0.6) is 56.8 Å². The highest BCUT2D eigenvalue weighted by Gasteiger charge is 2.42. The Balaban J connectivity index is 1.71. The molecule has 3 rings (SSSR count). The number of thiazole rings is 1. The molecule has 1 aromatic heterocycles. The summed E-state index contributed by atoms with van der Waals surface area (Å²) in [7, 11) is 0. The molecule has 0 fully saturated rings. The van der Waals surface area contributed by atoms with E-state index in [9.17, 15) is 66.1 Å². The monoisotopic (exact) mass is 572 g/mol. The first-order chi connectivity index (χ1) is 18.1. The van der Waals surface area contributed by atoms with Crippen LogP contribution in [-0.4, -0.2) is 85.3 Å². The van der Waals surface area contributed by atoms with Crippen LogP contribution in [-0.2, 0) is 23.4 Å². The number of phenols is 9. The van der Waals surface area contributed by atoms with Crippen molar-refractivity contribution >= 4 is 28.1 Å². The molecule has 0 aliphatic rings. The summed E-state index contributed by atoms with van der Waals surface area (Å²) in [4.78, 5) is 15.8. The molecule has 3 aromatic rings. The second-order valence-corrected chi connectivity index (χ2v) is 9.06. The number of hydrogen-bond acceptors (Lipinski definition) is 17. The van der Waals surface area contributed by atoms with Crippen molar-refractivity contribution in [3.63, 3.8) is 0 Å². The van der Waals surface area contributed by atoms with Crippen LogP contribution in [0.3, 0.4) is 0 Å². The third kappa shape index (κ3) is 5.16. The molecule has 1 heterocycles. The number of phenolic OH excluding ortho intramolecular Hbond substituents is 9. The van der Waals surface area contributed by atoms with Gasteiger partial charge < -0.3 is 77.6 Å². The van der Waals surface area contributed by atoms with Crippen molar-refractivity contribution in [2.24, 2.45) is 0 Å². The topological polar surface area (TPSA) is 323 Å². The quantitative estimate of drug-likeness (QED) is 0.0628. The molecule has 1 amide bonds. The number of nitrogens with two attached hydrogens (primary N) is 1. The summed E-state index contributed by atoms with van der Waals surface area (Å²) in [5.74, 6) is -14.5. The Hall–Kier alpha value is -4.78. The number of nitrogen functional groups attached to an aromatic ring is 1. The van der Waals surface area contributed by atoms with Crippen LogP contribution in [0.4, 0.5) is 10.8 Å². The van der Waals surface area contributed by atoms with E-state index in [0.717, 1.165) is 0 Å². The standard InChI is InChI=1S/C21H24N4O13S/c22-20-25-17(18(35)39-20)21(37,38)19(36)24-7-12(30)8(26)5(9(27)13(7)31)1-3-23-4-2-6-10(28)14(32)16(34)15(33)11(6)29/h23,26-35,37-38H,1-4H2,(H2,22,25)(H,24,36). The lowest BCUT2D eigenvalue weighted by molar-refractivity contribution is -0.185. The van der Waals surface area contributed by atoms with Gasteiger partial charge in [0.25, 0.3) is 11.7 Å². The maximum atomic E-state index is 12.4. The zero-order valence-corrected chi connectivity index (χ0v) is 20.4. The van der Waals surface area contributed by atoms with Gasteiger partial charge in [-0.25, -0.2) is 4.98 Å². The van der Waals surface area contributed by atoms with E-state index in [-0.39, 0.29) is 36.6 Å². The van der Waals surface area contributed by atoms with Gasteiger partial charge in [0.2, 0.25) is 22.3 Å². The van der Waals surface area contributed by atoms with E-state index in [4.69, 9.17) is 5.73 Å². The Morgan fingerprint density at radius 1 is 0.718 bits per heavy atom. The molecule has 0 radical (unpaired) electrons. The van der Waals surface area contributed by atoms with Crippen molar-refractivity contribution in [2.45, 2.75) is 18.6 Å². The van der Waals surface area contributed by atoms with Gasteiger partial charge >= 0.3 is 0 Å². The van der Waals surface area contributed by atoms with Gasteiger partial charge in [0.1, 0.15) is 5.69 Å². The normalized spacial score (nSPS) is 11.5. The van der Waals surface area contributed by atoms with Crippen LogP contribution in [0.15, 0.2) is 0 Å². The lowest BCUT2D eigenvalue weighted by Gasteiger charge is -2.21. The molecule has 0 bridgehead atoms. The van der Waals surface area contributed by atoms with Crippen LogP contribution < -0.4 is 16.4 Å². The minimum absolute atomic E-state index is 0.0263. The average molecular weight is 573 g/mol. The summed E-state index contributed by atoms with van der Waals surface area (Å²) < 4.78 is 0. The Bertz CT molecular complexity index is 1380. The first-order valence-electron chi connectivity index (χ1n) is 10.7. The lowest BCUT2D eigenvalue weighted by atomic mass is 10.0. The van der Waals surface area contributed by atoms with Gasteiger partial charge in [-0.05, 0) is 25.9 Å². The van der Waals surface area contributed by atoms with Crippen molar-refractivity contribution in [3.05, 3.63) is 16.8 Å². The first kappa shape index (κ1) is 28.8. The number of carbonyl (C=O) groups excluding carboxylic acids is 1. The van der Waals surface area contributed by atoms with Gasteiger partial charge in [-0.3, -0.25) is 4.79 Å². The van der Waals surface area contributed by atoms with Crippen LogP contribution >= 0.6 is 11.3 Å². The highest BCUT2D eigenvalue weighted by Crippen LogP contribution is 2.51. The molecule has 0 aliphatic heterocycles.